The van der Waals surface area contributed by atoms with Crippen LogP contribution < -0.4 is 4.90 Å². The van der Waals surface area contributed by atoms with Gasteiger partial charge in [0.05, 0.1) is 44.3 Å². The minimum Gasteiger partial charge on any atom is -0.309 e. The van der Waals surface area contributed by atoms with E-state index in [0.29, 0.717) is 5.02 Å². The first kappa shape index (κ1) is 51.7. The average Bonchev–Trinajstić information content (AvgIpc) is 1.53. The number of para-hydroxylation sites is 2. The second-order valence-electron chi connectivity index (χ2n) is 24.8. The van der Waals surface area contributed by atoms with Gasteiger partial charge >= 0.3 is 0 Å². The van der Waals surface area contributed by atoms with Crippen molar-refractivity contribution in [2.75, 3.05) is 4.90 Å². The molecule has 0 saturated carbocycles. The largest absolute Gasteiger partial charge is 0.309 e. The third-order valence-corrected chi connectivity index (χ3v) is 21.4. The Morgan fingerprint density at radius 3 is 1.16 bits per heavy atom. The van der Waals surface area contributed by atoms with Gasteiger partial charge in [-0.3, -0.25) is 0 Å². The molecule has 4 aliphatic rings. The van der Waals surface area contributed by atoms with Crippen LogP contribution in [-0.2, 0) is 10.8 Å². The Hall–Kier alpha value is -11.2. The van der Waals surface area contributed by atoms with Gasteiger partial charge < -0.3 is 9.47 Å². The number of halogens is 1. The molecular formula is C86H51ClN4S. The van der Waals surface area contributed by atoms with Crippen molar-refractivity contribution < 1.29 is 0 Å². The van der Waals surface area contributed by atoms with Gasteiger partial charge in [0.15, 0.2) is 0 Å². The predicted molar refractivity (Wildman–Crippen MR) is 380 cm³/mol. The summed E-state index contributed by atoms with van der Waals surface area (Å²) in [5.41, 5.74) is 34.1. The summed E-state index contributed by atoms with van der Waals surface area (Å²) in [7, 11) is 0. The van der Waals surface area contributed by atoms with E-state index in [-0.39, 0.29) is 0 Å². The summed E-state index contributed by atoms with van der Waals surface area (Å²) in [6.07, 6.45) is 0. The summed E-state index contributed by atoms with van der Waals surface area (Å²) < 4.78 is 12.7. The molecule has 0 aliphatic heterocycles. The van der Waals surface area contributed by atoms with Crippen molar-refractivity contribution >= 4 is 73.2 Å². The molecule has 428 valence electrons. The first-order chi connectivity index (χ1) is 45.6. The van der Waals surface area contributed by atoms with Crippen LogP contribution in [0.2, 0.25) is 5.02 Å². The molecule has 2 aromatic heterocycles. The number of anilines is 3. The number of aromatic nitrogens is 3. The van der Waals surface area contributed by atoms with E-state index in [1.807, 2.05) is 0 Å². The molecule has 4 aliphatic carbocycles. The summed E-state index contributed by atoms with van der Waals surface area (Å²) in [5.74, 6) is 0. The van der Waals surface area contributed by atoms with Crippen LogP contribution in [0, 0.1) is 0 Å². The highest BCUT2D eigenvalue weighted by atomic mass is 35.5. The van der Waals surface area contributed by atoms with E-state index in [2.05, 4.69) is 319 Å². The van der Waals surface area contributed by atoms with E-state index in [4.69, 9.17) is 20.3 Å². The molecular weight excluding hydrogens is 1160 g/mol. The van der Waals surface area contributed by atoms with E-state index in [9.17, 15) is 0 Å². The Morgan fingerprint density at radius 2 is 0.685 bits per heavy atom. The lowest BCUT2D eigenvalue weighted by Gasteiger charge is -2.31. The maximum Gasteiger partial charge on any atom is 0.130 e. The molecule has 2 spiro atoms. The Labute approximate surface area is 541 Å². The SMILES string of the molecule is Clc1cc(-c2cccc3c2c2ccccc2n3-c2ccccc2)c2nsnc2c1N(c1ccc(-c2ccc3c(c2)C2(c4ccccc4-c4ccccc42)c2ccccc2-3)cc1)c1ccc(-c2ccc3c(c2)C2(c4ccccc4-c4ccccc42)c2ccccc2-3)cc1. The van der Waals surface area contributed by atoms with Crippen molar-refractivity contribution in [1.82, 2.24) is 13.3 Å². The van der Waals surface area contributed by atoms with Crippen molar-refractivity contribution in [1.29, 1.82) is 0 Å². The van der Waals surface area contributed by atoms with Crippen LogP contribution in [0.4, 0.5) is 17.1 Å². The molecule has 0 atom stereocenters. The summed E-state index contributed by atoms with van der Waals surface area (Å²) in [5, 5.41) is 2.86. The van der Waals surface area contributed by atoms with Gasteiger partial charge in [-0.15, -0.1) is 0 Å². The van der Waals surface area contributed by atoms with Crippen LogP contribution >= 0.6 is 23.3 Å². The molecule has 0 saturated heterocycles. The average molecular weight is 1210 g/mol. The Morgan fingerprint density at radius 1 is 0.304 bits per heavy atom. The molecule has 0 N–H and O–H groups in total. The molecule has 4 nitrogen and oxygen atoms in total. The van der Waals surface area contributed by atoms with Crippen molar-refractivity contribution in [2.45, 2.75) is 10.8 Å². The molecule has 0 radical (unpaired) electrons. The molecule has 0 amide bonds. The number of benzene rings is 14. The minimum absolute atomic E-state index is 0.446. The van der Waals surface area contributed by atoms with Crippen molar-refractivity contribution in [2.24, 2.45) is 0 Å². The maximum absolute atomic E-state index is 7.97. The van der Waals surface area contributed by atoms with E-state index in [1.165, 1.54) is 101 Å². The topological polar surface area (TPSA) is 34.0 Å². The van der Waals surface area contributed by atoms with E-state index in [1.54, 1.807) is 0 Å². The van der Waals surface area contributed by atoms with Crippen LogP contribution in [-0.4, -0.2) is 13.3 Å². The molecule has 2 heterocycles. The number of nitrogens with zero attached hydrogens (tertiary/aromatic N) is 4. The Bertz CT molecular complexity index is 5440. The van der Waals surface area contributed by atoms with Crippen molar-refractivity contribution in [3.8, 4) is 83.6 Å². The van der Waals surface area contributed by atoms with Gasteiger partial charge in [-0.25, -0.2) is 0 Å². The highest BCUT2D eigenvalue weighted by Crippen LogP contribution is 2.65. The molecule has 14 aromatic carbocycles. The minimum atomic E-state index is -0.446. The van der Waals surface area contributed by atoms with Crippen LogP contribution in [0.5, 0.6) is 0 Å². The lowest BCUT2D eigenvalue weighted by molar-refractivity contribution is 0.794. The fraction of sp³-hybridized carbons (Fsp3) is 0.0233. The molecule has 6 heteroatoms. The normalized spacial score (nSPS) is 13.7. The molecule has 16 aromatic rings. The Kier molecular flexibility index (Phi) is 10.9. The van der Waals surface area contributed by atoms with Gasteiger partial charge in [0.2, 0.25) is 0 Å². The van der Waals surface area contributed by atoms with Crippen LogP contribution in [0.25, 0.3) is 116 Å². The molecule has 0 fully saturated rings. The smallest absolute Gasteiger partial charge is 0.130 e. The molecule has 0 unspecified atom stereocenters. The number of rotatable bonds is 7. The van der Waals surface area contributed by atoms with Gasteiger partial charge in [-0.2, -0.15) is 8.75 Å². The zero-order valence-electron chi connectivity index (χ0n) is 49.5. The summed E-state index contributed by atoms with van der Waals surface area (Å²) in [6, 6.07) is 114. The summed E-state index contributed by atoms with van der Waals surface area (Å²) in [6.45, 7) is 0. The second-order valence-corrected chi connectivity index (χ2v) is 25.8. The molecule has 92 heavy (non-hydrogen) atoms. The number of hydrogen-bond donors (Lipinski definition) is 0. The Balaban J connectivity index is 0.747. The van der Waals surface area contributed by atoms with E-state index < -0.39 is 10.8 Å². The van der Waals surface area contributed by atoms with Crippen LogP contribution in [0.15, 0.2) is 309 Å². The third-order valence-electron chi connectivity index (χ3n) is 20.6. The fourth-order valence-electron chi connectivity index (χ4n) is 17.0. The highest BCUT2D eigenvalue weighted by molar-refractivity contribution is 7.00. The van der Waals surface area contributed by atoms with Gasteiger partial charge in [0.25, 0.3) is 0 Å². The fourth-order valence-corrected chi connectivity index (χ4v) is 17.8. The summed E-state index contributed by atoms with van der Waals surface area (Å²) in [4.78, 5) is 2.28. The monoisotopic (exact) mass is 1210 g/mol. The zero-order valence-corrected chi connectivity index (χ0v) is 51.1. The zero-order chi connectivity index (χ0) is 60.4. The lowest BCUT2D eigenvalue weighted by Crippen LogP contribution is -2.25. The van der Waals surface area contributed by atoms with Gasteiger partial charge in [-0.1, -0.05) is 254 Å². The van der Waals surface area contributed by atoms with Crippen molar-refractivity contribution in [3.05, 3.63) is 359 Å². The first-order valence-electron chi connectivity index (χ1n) is 31.5. The number of fused-ring (bicyclic) bond motifs is 24. The molecule has 0 bridgehead atoms. The second kappa shape index (κ2) is 19.4. The molecule has 20 rings (SSSR count). The van der Waals surface area contributed by atoms with Gasteiger partial charge in [-0.05, 0) is 184 Å². The van der Waals surface area contributed by atoms with E-state index in [0.717, 1.165) is 89.0 Å². The third kappa shape index (κ3) is 6.85. The van der Waals surface area contributed by atoms with Crippen LogP contribution in [0.1, 0.15) is 44.5 Å². The van der Waals surface area contributed by atoms with E-state index >= 15 is 0 Å². The standard InChI is InChI=1S/C86H51ClN4S/c87-78-51-69(67-28-18-36-80-81(67)68-27-10-17-35-79(68)91(80)56-19-2-1-3-20-56)82-83(89-92-88-82)84(78)90(57-43-37-52(38-44-57)54-41-47-65-63-25-8-15-33-74(63)85(76(65)49-54)70-29-11-4-21-59(70)60-22-5-12-30-71(60)85)58-45-39-53(40-46-58)55-42-48-66-64-26-9-16-34-75(64)86(77(66)50-55)72-31-13-6-23-61(72)62-24-7-14-32-73(62)86/h1-51H. The first-order valence-corrected chi connectivity index (χ1v) is 32.6. The number of hydrogen-bond acceptors (Lipinski definition) is 4. The predicted octanol–water partition coefficient (Wildman–Crippen LogP) is 22.6. The maximum atomic E-state index is 7.97. The van der Waals surface area contributed by atoms with Gasteiger partial charge in [0.1, 0.15) is 11.0 Å². The van der Waals surface area contributed by atoms with Crippen molar-refractivity contribution in [3.63, 3.8) is 0 Å². The lowest BCUT2D eigenvalue weighted by atomic mass is 9.70. The highest BCUT2D eigenvalue weighted by Gasteiger charge is 2.53. The quantitative estimate of drug-likeness (QED) is 0.159. The summed E-state index contributed by atoms with van der Waals surface area (Å²) >= 11 is 9.19. The van der Waals surface area contributed by atoms with Gasteiger partial charge in [0, 0.05) is 33.4 Å². The van der Waals surface area contributed by atoms with Crippen LogP contribution in [0.3, 0.4) is 0 Å².